The van der Waals surface area contributed by atoms with E-state index in [4.69, 9.17) is 9.97 Å². The van der Waals surface area contributed by atoms with Gasteiger partial charge in [0.1, 0.15) is 5.78 Å². The number of carbonyl (C=O) groups is 1. The molecule has 5 heterocycles. The molecule has 0 atom stereocenters. The molecule has 5 nitrogen and oxygen atoms in total. The standard InChI is InChI=1S/C52H76N4O/c1-10-37-38(11-2)50-44(31-29-27-25-23-21-19-18-20-22-24-26-28-30-36(9)57)52-40(13-4)39(12-3)51(56(52)17-8)43(16-7)48-35-33-46(54-48)41(14-5)45-32-34-47(53-45)42(15-6)49(37)55-50/h32-35,53H,10-31H2,1-9H3. The summed E-state index contributed by atoms with van der Waals surface area (Å²) >= 11 is 0. The minimum absolute atomic E-state index is 0.332. The number of unbranched alkanes of at least 4 members (excludes halogenated alkanes) is 11. The molecule has 57 heavy (non-hydrogen) atoms. The van der Waals surface area contributed by atoms with Crippen molar-refractivity contribution in [1.82, 2.24) is 19.5 Å². The van der Waals surface area contributed by atoms with Crippen LogP contribution >= 0.6 is 0 Å². The van der Waals surface area contributed by atoms with Crippen LogP contribution in [0.1, 0.15) is 215 Å². The number of nitrogens with zero attached hydrogens (tertiary/aromatic N) is 3. The highest BCUT2D eigenvalue weighted by molar-refractivity contribution is 5.96. The van der Waals surface area contributed by atoms with E-state index in [0.717, 1.165) is 82.1 Å². The molecule has 0 amide bonds. The molecule has 5 heteroatoms. The molecule has 0 radical (unpaired) electrons. The summed E-state index contributed by atoms with van der Waals surface area (Å²) in [6, 6.07) is 4.56. The first-order valence-corrected chi connectivity index (χ1v) is 23.5. The van der Waals surface area contributed by atoms with E-state index < -0.39 is 0 Å². The van der Waals surface area contributed by atoms with E-state index in [1.807, 2.05) is 0 Å². The molecular formula is C52H76N4O. The minimum Gasteiger partial charge on any atom is -0.355 e. The van der Waals surface area contributed by atoms with Crippen molar-refractivity contribution in [3.05, 3.63) is 68.3 Å². The zero-order valence-corrected chi connectivity index (χ0v) is 37.6. The number of aromatic amines is 1. The predicted octanol–water partition coefficient (Wildman–Crippen LogP) is 14.7. The third-order valence-electron chi connectivity index (χ3n) is 12.9. The summed E-state index contributed by atoms with van der Waals surface area (Å²) in [4.78, 5) is 26.3. The Labute approximate surface area is 346 Å². The van der Waals surface area contributed by atoms with Crippen LogP contribution in [-0.4, -0.2) is 25.3 Å². The zero-order valence-electron chi connectivity index (χ0n) is 37.6. The topological polar surface area (TPSA) is 63.6 Å². The second kappa shape index (κ2) is 21.9. The molecule has 2 aliphatic rings. The summed E-state index contributed by atoms with van der Waals surface area (Å²) in [7, 11) is 0. The largest absolute Gasteiger partial charge is 0.355 e. The van der Waals surface area contributed by atoms with Gasteiger partial charge >= 0.3 is 0 Å². The summed E-state index contributed by atoms with van der Waals surface area (Å²) in [5.41, 5.74) is 21.2. The van der Waals surface area contributed by atoms with Crippen LogP contribution in [0.4, 0.5) is 0 Å². The Bertz CT molecular complexity index is 2070. The van der Waals surface area contributed by atoms with Gasteiger partial charge in [0.2, 0.25) is 0 Å². The van der Waals surface area contributed by atoms with Gasteiger partial charge in [-0.25, -0.2) is 9.97 Å². The fraction of sp³-hybridized carbons (Fsp3) is 0.596. The Morgan fingerprint density at radius 3 is 1.42 bits per heavy atom. The Kier molecular flexibility index (Phi) is 17.0. The lowest BCUT2D eigenvalue weighted by molar-refractivity contribution is -0.117. The number of nitrogens with one attached hydrogen (secondary N) is 1. The number of Topliss-reactive ketones (excluding diaryl/α,β-unsaturated/α-hetero) is 1. The van der Waals surface area contributed by atoms with E-state index in [0.29, 0.717) is 5.78 Å². The molecule has 1 N–H and O–H groups in total. The molecule has 0 spiro atoms. The molecule has 0 saturated heterocycles. The van der Waals surface area contributed by atoms with Crippen molar-refractivity contribution in [2.75, 3.05) is 0 Å². The van der Waals surface area contributed by atoms with Gasteiger partial charge in [0.25, 0.3) is 0 Å². The maximum absolute atomic E-state index is 11.2. The molecule has 0 aromatic carbocycles. The van der Waals surface area contributed by atoms with Gasteiger partial charge in [0.15, 0.2) is 0 Å². The monoisotopic (exact) mass is 773 g/mol. The Hall–Kier alpha value is -3.73. The molecule has 0 aliphatic carbocycles. The number of ketones is 1. The van der Waals surface area contributed by atoms with E-state index in [2.05, 4.69) is 89.2 Å². The first kappa shape index (κ1) is 44.4. The third kappa shape index (κ3) is 9.94. The lowest BCUT2D eigenvalue weighted by atomic mass is 9.92. The average Bonchev–Trinajstić information content (AvgIpc) is 4.02. The molecular weight excluding hydrogens is 697 g/mol. The van der Waals surface area contributed by atoms with Crippen molar-refractivity contribution in [2.45, 2.75) is 204 Å². The van der Waals surface area contributed by atoms with Crippen molar-refractivity contribution in [3.8, 4) is 0 Å². The summed E-state index contributed by atoms with van der Waals surface area (Å²) in [5, 5.41) is 0. The molecule has 5 rings (SSSR count). The van der Waals surface area contributed by atoms with Crippen LogP contribution < -0.4 is 0 Å². The number of carbonyl (C=O) groups excluding carboxylic acids is 1. The molecule has 3 aromatic heterocycles. The molecule has 3 aromatic rings. The Morgan fingerprint density at radius 2 is 0.947 bits per heavy atom. The van der Waals surface area contributed by atoms with Gasteiger partial charge in [0.05, 0.1) is 33.8 Å². The first-order chi connectivity index (χ1) is 27.8. The number of hydrogen-bond donors (Lipinski definition) is 1. The summed E-state index contributed by atoms with van der Waals surface area (Å²) in [5.74, 6) is 0.332. The average molecular weight is 773 g/mol. The van der Waals surface area contributed by atoms with Crippen LogP contribution in [0.3, 0.4) is 0 Å². The number of hydrogen-bond acceptors (Lipinski definition) is 3. The van der Waals surface area contributed by atoms with Crippen LogP contribution in [0, 0.1) is 0 Å². The third-order valence-corrected chi connectivity index (χ3v) is 12.9. The van der Waals surface area contributed by atoms with E-state index in [1.165, 1.54) is 149 Å². The number of H-pyrrole nitrogens is 1. The van der Waals surface area contributed by atoms with Gasteiger partial charge in [0, 0.05) is 46.3 Å². The van der Waals surface area contributed by atoms with Crippen molar-refractivity contribution in [2.24, 2.45) is 0 Å². The summed E-state index contributed by atoms with van der Waals surface area (Å²) < 4.78 is 2.69. The normalized spacial score (nSPS) is 12.7. The van der Waals surface area contributed by atoms with Gasteiger partial charge in [-0.15, -0.1) is 0 Å². The highest BCUT2D eigenvalue weighted by atomic mass is 16.1. The smallest absolute Gasteiger partial charge is 0.129 e. The van der Waals surface area contributed by atoms with Crippen molar-refractivity contribution >= 4 is 51.1 Å². The number of fused-ring (bicyclic) bond motifs is 8. The van der Waals surface area contributed by atoms with Crippen LogP contribution in [0.25, 0.3) is 45.4 Å². The molecule has 0 unspecified atom stereocenters. The molecule has 2 aliphatic heterocycles. The van der Waals surface area contributed by atoms with Gasteiger partial charge in [-0.3, -0.25) is 0 Å². The Morgan fingerprint density at radius 1 is 0.509 bits per heavy atom. The number of aryl methyl sites for hydroxylation is 7. The fourth-order valence-corrected chi connectivity index (χ4v) is 9.99. The minimum atomic E-state index is 0.332. The van der Waals surface area contributed by atoms with Crippen LogP contribution in [0.2, 0.25) is 0 Å². The predicted molar refractivity (Wildman–Crippen MR) is 248 cm³/mol. The van der Waals surface area contributed by atoms with Crippen molar-refractivity contribution < 1.29 is 4.79 Å². The molecule has 310 valence electrons. The van der Waals surface area contributed by atoms with E-state index in [9.17, 15) is 4.79 Å². The van der Waals surface area contributed by atoms with Crippen molar-refractivity contribution in [3.63, 3.8) is 0 Å². The summed E-state index contributed by atoms with van der Waals surface area (Å²) in [6.45, 7) is 21.3. The van der Waals surface area contributed by atoms with Gasteiger partial charge < -0.3 is 14.3 Å². The molecule has 0 fully saturated rings. The Balaban J connectivity index is 1.61. The molecule has 8 bridgehead atoms. The lowest BCUT2D eigenvalue weighted by Crippen LogP contribution is -2.03. The maximum atomic E-state index is 11.2. The number of rotatable bonds is 23. The van der Waals surface area contributed by atoms with E-state index >= 15 is 0 Å². The quantitative estimate of drug-likeness (QED) is 0.0764. The van der Waals surface area contributed by atoms with Crippen molar-refractivity contribution in [1.29, 1.82) is 0 Å². The van der Waals surface area contributed by atoms with Gasteiger partial charge in [-0.05, 0) is 125 Å². The van der Waals surface area contributed by atoms with Crippen LogP contribution in [-0.2, 0) is 49.9 Å². The number of aromatic nitrogens is 4. The number of allylic oxidation sites excluding steroid dienone is 2. The zero-order chi connectivity index (χ0) is 40.9. The SMILES string of the molecule is CCC1=C(CC)c2nc1c(CC)c1ccc([nH]1)c(CC)c1nc(c(CC)c3c(CC)c(CC)c(c2CCCCCCCCCCCCCCC(C)=O)n3CC)C=C1. The van der Waals surface area contributed by atoms with Gasteiger partial charge in [-0.2, -0.15) is 0 Å². The lowest BCUT2D eigenvalue weighted by Gasteiger charge is -2.14. The second-order valence-electron chi connectivity index (χ2n) is 16.5. The highest BCUT2D eigenvalue weighted by Gasteiger charge is 2.27. The molecule has 0 saturated carbocycles. The van der Waals surface area contributed by atoms with E-state index in [-0.39, 0.29) is 0 Å². The fourth-order valence-electron chi connectivity index (χ4n) is 9.99. The van der Waals surface area contributed by atoms with Crippen LogP contribution in [0.5, 0.6) is 0 Å². The van der Waals surface area contributed by atoms with Gasteiger partial charge in [-0.1, -0.05) is 113 Å². The van der Waals surface area contributed by atoms with E-state index in [1.54, 1.807) is 6.92 Å². The second-order valence-corrected chi connectivity index (χ2v) is 16.5. The van der Waals surface area contributed by atoms with Crippen LogP contribution in [0.15, 0.2) is 12.1 Å². The highest BCUT2D eigenvalue weighted by Crippen LogP contribution is 2.42. The first-order valence-electron chi connectivity index (χ1n) is 23.5. The maximum Gasteiger partial charge on any atom is 0.129 e. The summed E-state index contributed by atoms with van der Waals surface area (Å²) in [6.07, 6.45) is 28.5.